The van der Waals surface area contributed by atoms with Crippen LogP contribution in [-0.4, -0.2) is 81.6 Å². The summed E-state index contributed by atoms with van der Waals surface area (Å²) in [5.74, 6) is -2.92. The van der Waals surface area contributed by atoms with E-state index in [0.717, 1.165) is 25.7 Å². The van der Waals surface area contributed by atoms with Gasteiger partial charge in [-0.15, -0.1) is 30.7 Å². The van der Waals surface area contributed by atoms with Crippen LogP contribution in [0.5, 0.6) is 0 Å². The number of carboxylic acids is 3. The van der Waals surface area contributed by atoms with Crippen LogP contribution in [0.3, 0.4) is 0 Å². The van der Waals surface area contributed by atoms with Crippen LogP contribution in [0.1, 0.15) is 79.6 Å². The normalized spacial score (nSPS) is 47.6. The number of carbonyl (C=O) groups is 3. The maximum Gasteiger partial charge on any atom is 2.00 e. The molecule has 11 heteroatoms. The van der Waals surface area contributed by atoms with Gasteiger partial charge in [0.1, 0.15) is 0 Å². The average molecular weight is 678 g/mol. The number of rotatable bonds is 8. The Morgan fingerprint density at radius 2 is 1.38 bits per heavy atom. The Morgan fingerprint density at radius 1 is 0.778 bits per heavy atom. The van der Waals surface area contributed by atoms with Crippen molar-refractivity contribution in [3.63, 3.8) is 0 Å². The summed E-state index contributed by atoms with van der Waals surface area (Å²) < 4.78 is 0. The summed E-state index contributed by atoms with van der Waals surface area (Å²) in [6.45, 7) is 15.1. The zero-order valence-electron chi connectivity index (χ0n) is 27.3. The standard InChI is InChI=1S/C34H54N4O6.Cu/c1-7-19-15(3)23-12-25-17(5)21(9-10-29(39)40)32(37-25)22(11-30(41)42)33-31(34(43)44)18(6)26(38-33)14-28-20(8-2)16(4)24(36-28)13-27(19)35-23;/h7,15-28,31-33,36-37H,1,8-14H2,2-6H3,(H,39,40)(H,41,42)(H,43,44);/q-2;+2/t15?,16?,17-,18?,19?,20?,21-,22?,23?,24?,25?,26?,27?,28?,31?,32?,33?;/m0./s1. The quantitative estimate of drug-likeness (QED) is 0.182. The minimum atomic E-state index is -0.981. The first-order valence-corrected chi connectivity index (χ1v) is 17.1. The van der Waals surface area contributed by atoms with E-state index in [-0.39, 0.29) is 89.8 Å². The summed E-state index contributed by atoms with van der Waals surface area (Å²) in [6, 6.07) is -0.418. The van der Waals surface area contributed by atoms with Crippen LogP contribution in [0.2, 0.25) is 0 Å². The van der Waals surface area contributed by atoms with Crippen molar-refractivity contribution in [2.24, 2.45) is 53.3 Å². The molecule has 0 aliphatic carbocycles. The first-order valence-electron chi connectivity index (χ1n) is 17.1. The second kappa shape index (κ2) is 14.7. The fraction of sp³-hybridized carbons (Fsp3) is 0.853. The van der Waals surface area contributed by atoms with Gasteiger partial charge in [-0.25, -0.2) is 0 Å². The van der Waals surface area contributed by atoms with Crippen LogP contribution < -0.4 is 10.6 Å². The van der Waals surface area contributed by atoms with Gasteiger partial charge in [0.2, 0.25) is 0 Å². The molecule has 1 radical (unpaired) electrons. The molecular formula is C34H54CuN4O6. The minimum Gasteiger partial charge on any atom is -0.656 e. The number of nitrogens with zero attached hydrogens (tertiary/aromatic N) is 2. The molecule has 0 aromatic carbocycles. The van der Waals surface area contributed by atoms with Gasteiger partial charge in [-0.2, -0.15) is 0 Å². The van der Waals surface area contributed by atoms with Gasteiger partial charge in [0.15, 0.2) is 0 Å². The second-order valence-corrected chi connectivity index (χ2v) is 14.9. The van der Waals surface area contributed by atoms with Gasteiger partial charge in [0.05, 0.1) is 0 Å². The molecule has 8 bridgehead atoms. The second-order valence-electron chi connectivity index (χ2n) is 14.9. The molecule has 5 aliphatic rings. The van der Waals surface area contributed by atoms with Crippen molar-refractivity contribution in [3.8, 4) is 0 Å². The first-order chi connectivity index (χ1) is 20.9. The SMILES string of the molecule is C=CC1C2CC3NC(CC4[N-]C(C(CC(=O)O)C5NC(CC([N-]2)C1C)[C@@H](C)[C@@H]5CCC(=O)O)C(C(=O)O)C4C)C(CC)C3C.[Cu+2]. The van der Waals surface area contributed by atoms with E-state index < -0.39 is 35.8 Å². The van der Waals surface area contributed by atoms with Gasteiger partial charge in [0.25, 0.3) is 0 Å². The van der Waals surface area contributed by atoms with E-state index in [4.69, 9.17) is 10.6 Å². The van der Waals surface area contributed by atoms with Gasteiger partial charge in [-0.3, -0.25) is 14.4 Å². The molecule has 0 saturated carbocycles. The van der Waals surface area contributed by atoms with Crippen molar-refractivity contribution in [1.29, 1.82) is 0 Å². The molecular weight excluding hydrogens is 624 g/mol. The van der Waals surface area contributed by atoms with Crippen LogP contribution in [-0.2, 0) is 31.5 Å². The molecule has 0 aromatic heterocycles. The zero-order valence-corrected chi connectivity index (χ0v) is 28.3. The van der Waals surface area contributed by atoms with Gasteiger partial charge < -0.3 is 36.6 Å². The zero-order chi connectivity index (χ0) is 32.0. The Morgan fingerprint density at radius 3 is 1.98 bits per heavy atom. The largest absolute Gasteiger partial charge is 2.00 e. The summed E-state index contributed by atoms with van der Waals surface area (Å²) in [4.78, 5) is 37.0. The minimum absolute atomic E-state index is 0. The summed E-state index contributed by atoms with van der Waals surface area (Å²) in [6.07, 6.45) is 5.74. The van der Waals surface area contributed by atoms with Gasteiger partial charge in [0, 0.05) is 42.9 Å². The van der Waals surface area contributed by atoms with Crippen molar-refractivity contribution in [2.75, 3.05) is 0 Å². The number of nitrogens with one attached hydrogen (secondary N) is 2. The van der Waals surface area contributed by atoms with Crippen molar-refractivity contribution >= 4 is 17.9 Å². The third-order valence-electron chi connectivity index (χ3n) is 12.9. The third-order valence-corrected chi connectivity index (χ3v) is 12.9. The summed E-state index contributed by atoms with van der Waals surface area (Å²) >= 11 is 0. The van der Waals surface area contributed by atoms with Crippen molar-refractivity contribution in [1.82, 2.24) is 10.6 Å². The van der Waals surface area contributed by atoms with Crippen LogP contribution in [0.15, 0.2) is 12.7 Å². The van der Waals surface area contributed by atoms with E-state index in [2.05, 4.69) is 51.0 Å². The van der Waals surface area contributed by atoms with Crippen LogP contribution in [0, 0.1) is 53.3 Å². The van der Waals surface area contributed by atoms with Crippen LogP contribution >= 0.6 is 0 Å². The number of aliphatic carboxylic acids is 3. The first kappa shape index (κ1) is 36.3. The average Bonchev–Trinajstić information content (AvgIpc) is 3.63. The Bertz CT molecular complexity index is 1090. The molecule has 5 rings (SSSR count). The van der Waals surface area contributed by atoms with E-state index in [1.54, 1.807) is 0 Å². The number of fused-ring (bicyclic) bond motifs is 8. The number of hydrogen-bond acceptors (Lipinski definition) is 5. The smallest absolute Gasteiger partial charge is 0.656 e. The Balaban J connectivity index is 0.00000461. The predicted molar refractivity (Wildman–Crippen MR) is 168 cm³/mol. The molecule has 5 aliphatic heterocycles. The molecule has 15 unspecified atom stereocenters. The van der Waals surface area contributed by atoms with Gasteiger partial charge in [-0.05, 0) is 47.8 Å². The molecule has 10 nitrogen and oxygen atoms in total. The molecule has 0 aromatic rings. The molecule has 5 saturated heterocycles. The Hall–Kier alpha value is -1.49. The molecule has 45 heavy (non-hydrogen) atoms. The number of hydrogen-bond donors (Lipinski definition) is 5. The molecule has 17 atom stereocenters. The molecule has 5 N–H and O–H groups in total. The summed E-state index contributed by atoms with van der Waals surface area (Å²) in [7, 11) is 0. The van der Waals surface area contributed by atoms with Crippen molar-refractivity contribution in [3.05, 3.63) is 23.3 Å². The van der Waals surface area contributed by atoms with E-state index >= 15 is 0 Å². The van der Waals surface area contributed by atoms with Crippen LogP contribution in [0.4, 0.5) is 0 Å². The summed E-state index contributed by atoms with van der Waals surface area (Å²) in [5, 5.41) is 48.7. The third kappa shape index (κ3) is 7.04. The van der Waals surface area contributed by atoms with E-state index in [9.17, 15) is 29.7 Å². The molecule has 0 amide bonds. The van der Waals surface area contributed by atoms with Gasteiger partial charge >= 0.3 is 35.0 Å². The monoisotopic (exact) mass is 677 g/mol. The predicted octanol–water partition coefficient (Wildman–Crippen LogP) is 4.74. The van der Waals surface area contributed by atoms with E-state index in [0.29, 0.717) is 30.2 Å². The number of carboxylic acid groups (broad SMARTS) is 3. The topological polar surface area (TPSA) is 164 Å². The van der Waals surface area contributed by atoms with E-state index in [1.807, 2.05) is 6.92 Å². The Kier molecular flexibility index (Phi) is 11.9. The molecule has 5 fully saturated rings. The fourth-order valence-corrected chi connectivity index (χ4v) is 10.4. The Labute approximate surface area is 279 Å². The van der Waals surface area contributed by atoms with E-state index in [1.165, 1.54) is 0 Å². The molecule has 0 spiro atoms. The maximum atomic E-state index is 12.9. The fourth-order valence-electron chi connectivity index (χ4n) is 10.4. The van der Waals surface area contributed by atoms with Crippen molar-refractivity contribution in [2.45, 2.75) is 128 Å². The molecule has 257 valence electrons. The summed E-state index contributed by atoms with van der Waals surface area (Å²) in [5.41, 5.74) is 0. The molecule has 5 heterocycles. The van der Waals surface area contributed by atoms with Crippen LogP contribution in [0.25, 0.3) is 10.6 Å². The maximum absolute atomic E-state index is 12.9. The van der Waals surface area contributed by atoms with Gasteiger partial charge in [-0.1, -0.05) is 72.3 Å². The van der Waals surface area contributed by atoms with Crippen molar-refractivity contribution < 1.29 is 46.8 Å².